The fraction of sp³-hybridized carbons (Fsp3) is 0.481. The molecule has 1 aliphatic heterocycles. The van der Waals surface area contributed by atoms with Crippen LogP contribution in [-0.2, 0) is 0 Å². The van der Waals surface area contributed by atoms with Crippen molar-refractivity contribution in [2.24, 2.45) is 11.8 Å². The van der Waals surface area contributed by atoms with E-state index in [1.807, 2.05) is 23.8 Å². The van der Waals surface area contributed by atoms with E-state index in [1.165, 1.54) is 55.1 Å². The Hall–Kier alpha value is -2.80. The Labute approximate surface area is 233 Å². The number of anilines is 1. The van der Waals surface area contributed by atoms with Crippen LogP contribution in [0.15, 0.2) is 39.3 Å². The fourth-order valence-corrected chi connectivity index (χ4v) is 7.71. The van der Waals surface area contributed by atoms with E-state index in [1.54, 1.807) is 6.07 Å². The molecule has 208 valence electrons. The van der Waals surface area contributed by atoms with Crippen LogP contribution in [0.1, 0.15) is 50.3 Å². The van der Waals surface area contributed by atoms with Crippen LogP contribution < -0.4 is 9.64 Å². The molecule has 4 N–H and O–H groups in total. The van der Waals surface area contributed by atoms with Crippen LogP contribution in [0.5, 0.6) is 5.88 Å². The number of hydrogen-bond acceptors (Lipinski definition) is 9. The molecule has 7 rings (SSSR count). The Morgan fingerprint density at radius 1 is 1.08 bits per heavy atom. The van der Waals surface area contributed by atoms with Gasteiger partial charge in [-0.05, 0) is 49.5 Å². The van der Waals surface area contributed by atoms with Crippen LogP contribution in [0.25, 0.3) is 21.3 Å². The van der Waals surface area contributed by atoms with Crippen LogP contribution >= 0.6 is 23.1 Å². The number of hydrogen-bond donors (Lipinski definition) is 0. The van der Waals surface area contributed by atoms with Gasteiger partial charge in [0.25, 0.3) is 0 Å². The van der Waals surface area contributed by atoms with Crippen molar-refractivity contribution in [2.45, 2.75) is 55.4 Å². The normalized spacial score (nSPS) is 22.6. The molecule has 1 aromatic carbocycles. The van der Waals surface area contributed by atoms with E-state index in [2.05, 4.69) is 20.0 Å². The molecule has 2 bridgehead atoms. The number of nitrogens with zero attached hydrogens (tertiary/aromatic N) is 5. The lowest BCUT2D eigenvalue weighted by Crippen LogP contribution is -2.38. The minimum atomic E-state index is -0.246. The van der Waals surface area contributed by atoms with Crippen LogP contribution in [-0.4, -0.2) is 56.5 Å². The van der Waals surface area contributed by atoms with E-state index < -0.39 is 0 Å². The van der Waals surface area contributed by atoms with Gasteiger partial charge in [0.05, 0.1) is 5.52 Å². The molecule has 3 fully saturated rings. The van der Waals surface area contributed by atoms with Crippen LogP contribution in [0.3, 0.4) is 0 Å². The molecule has 1 saturated heterocycles. The van der Waals surface area contributed by atoms with Gasteiger partial charge in [0.15, 0.2) is 5.82 Å². The smallest absolute Gasteiger partial charge is 0.324 e. The van der Waals surface area contributed by atoms with Gasteiger partial charge in [-0.15, -0.1) is 23.1 Å². The van der Waals surface area contributed by atoms with E-state index in [0.29, 0.717) is 23.4 Å². The van der Waals surface area contributed by atoms with E-state index in [9.17, 15) is 4.39 Å². The quantitative estimate of drug-likeness (QED) is 0.297. The van der Waals surface area contributed by atoms with Gasteiger partial charge in [0.2, 0.25) is 5.88 Å². The number of rotatable bonds is 6. The van der Waals surface area contributed by atoms with E-state index >= 15 is 0 Å². The van der Waals surface area contributed by atoms with Gasteiger partial charge in [-0.2, -0.15) is 4.98 Å². The van der Waals surface area contributed by atoms with Gasteiger partial charge in [-0.25, -0.2) is 14.4 Å². The molecule has 3 aliphatic rings. The van der Waals surface area contributed by atoms with Crippen LogP contribution in [0.4, 0.5) is 10.4 Å². The first-order chi connectivity index (χ1) is 18.2. The molecule has 0 radical (unpaired) electrons. The largest absolute Gasteiger partial charge is 0.473 e. The third-order valence-electron chi connectivity index (χ3n) is 8.28. The highest BCUT2D eigenvalue weighted by Gasteiger charge is 2.42. The van der Waals surface area contributed by atoms with Crippen molar-refractivity contribution < 1.29 is 24.6 Å². The molecule has 9 nitrogen and oxygen atoms in total. The second-order valence-corrected chi connectivity index (χ2v) is 12.1. The summed E-state index contributed by atoms with van der Waals surface area (Å²) in [4.78, 5) is 16.8. The lowest BCUT2D eigenvalue weighted by atomic mass is 9.88. The monoisotopic (exact) mass is 573 g/mol. The number of thioether (sulfide) groups is 1. The predicted octanol–water partition coefficient (Wildman–Crippen LogP) is 4.90. The van der Waals surface area contributed by atoms with Crippen molar-refractivity contribution in [2.75, 3.05) is 24.2 Å². The molecule has 4 aromatic rings. The highest BCUT2D eigenvalue weighted by molar-refractivity contribution is 7.98. The van der Waals surface area contributed by atoms with Gasteiger partial charge in [0.1, 0.15) is 22.9 Å². The third-order valence-corrected chi connectivity index (χ3v) is 9.96. The van der Waals surface area contributed by atoms with E-state index in [4.69, 9.17) is 14.2 Å². The minimum absolute atomic E-state index is 0. The summed E-state index contributed by atoms with van der Waals surface area (Å²) < 4.78 is 27.7. The predicted molar refractivity (Wildman–Crippen MR) is 150 cm³/mol. The summed E-state index contributed by atoms with van der Waals surface area (Å²) in [5, 5.41) is 6.29. The average Bonchev–Trinajstić information content (AvgIpc) is 3.73. The van der Waals surface area contributed by atoms with Crippen molar-refractivity contribution >= 4 is 39.3 Å². The number of benzene rings is 1. The number of fused-ring (bicyclic) bond motifs is 3. The number of aromatic nitrogens is 4. The minimum Gasteiger partial charge on any atom is -0.473 e. The van der Waals surface area contributed by atoms with E-state index in [0.717, 1.165) is 64.3 Å². The van der Waals surface area contributed by atoms with Gasteiger partial charge >= 0.3 is 6.01 Å². The summed E-state index contributed by atoms with van der Waals surface area (Å²) in [7, 11) is 0. The van der Waals surface area contributed by atoms with Crippen LogP contribution in [0, 0.1) is 17.7 Å². The molecule has 0 amide bonds. The summed E-state index contributed by atoms with van der Waals surface area (Å²) >= 11 is 3.02. The standard InChI is InChI=1S/C27H28FN5O2S2.2H2O/c1-36-18-4-5-19(22(28)12-18)21-13-37-24-23(21)29-14-30-26(24)34-17-6-8-33(9-7-17)27-31-25(32-35-27)20-11-15-2-3-16(20)10-15;;/h4-5,12-17,20H,2-3,6-11H2,1H3;2*1H2. The van der Waals surface area contributed by atoms with Crippen molar-refractivity contribution in [3.05, 3.63) is 41.5 Å². The second kappa shape index (κ2) is 11.4. The zero-order chi connectivity index (χ0) is 24.9. The Morgan fingerprint density at radius 2 is 1.92 bits per heavy atom. The molecular weight excluding hydrogens is 541 g/mol. The molecule has 12 heteroatoms. The fourth-order valence-electron chi connectivity index (χ4n) is 6.33. The number of ether oxygens (including phenoxy) is 1. The molecule has 3 atom stereocenters. The molecule has 3 aromatic heterocycles. The molecule has 4 heterocycles. The van der Waals surface area contributed by atoms with Gasteiger partial charge in [-0.3, -0.25) is 0 Å². The van der Waals surface area contributed by atoms with Crippen molar-refractivity contribution in [3.8, 4) is 17.0 Å². The first kappa shape index (κ1) is 27.8. The second-order valence-electron chi connectivity index (χ2n) is 10.4. The summed E-state index contributed by atoms with van der Waals surface area (Å²) in [6, 6.07) is 5.96. The van der Waals surface area contributed by atoms with Gasteiger partial charge in [-0.1, -0.05) is 17.6 Å². The number of piperidine rings is 1. The zero-order valence-electron chi connectivity index (χ0n) is 21.6. The molecule has 0 spiro atoms. The van der Waals surface area contributed by atoms with Crippen LogP contribution in [0.2, 0.25) is 0 Å². The number of halogens is 1. The lowest BCUT2D eigenvalue weighted by Gasteiger charge is -2.30. The van der Waals surface area contributed by atoms with Gasteiger partial charge < -0.3 is 25.1 Å². The molecule has 2 saturated carbocycles. The van der Waals surface area contributed by atoms with Crippen molar-refractivity contribution in [1.29, 1.82) is 0 Å². The Kier molecular flexibility index (Phi) is 8.08. The van der Waals surface area contributed by atoms with Crippen molar-refractivity contribution in [3.63, 3.8) is 0 Å². The van der Waals surface area contributed by atoms with E-state index in [-0.39, 0.29) is 22.9 Å². The maximum atomic E-state index is 14.8. The third kappa shape index (κ3) is 5.10. The first-order valence-electron chi connectivity index (χ1n) is 13.0. The SMILES string of the molecule is CSc1ccc(-c2csc3c(OC4CCN(c5nc(C6CC7CCC6C7)no5)CC4)ncnc23)c(F)c1.O.O. The zero-order valence-corrected chi connectivity index (χ0v) is 23.2. The lowest BCUT2D eigenvalue weighted by molar-refractivity contribution is 0.164. The highest BCUT2D eigenvalue weighted by Crippen LogP contribution is 2.52. The molecular formula is C27H32FN5O4S2. The summed E-state index contributed by atoms with van der Waals surface area (Å²) in [5.74, 6) is 3.30. The summed E-state index contributed by atoms with van der Waals surface area (Å²) in [5.41, 5.74) is 2.04. The maximum Gasteiger partial charge on any atom is 0.324 e. The Bertz CT molecular complexity index is 1440. The Morgan fingerprint density at radius 3 is 2.64 bits per heavy atom. The van der Waals surface area contributed by atoms with Crippen molar-refractivity contribution in [1.82, 2.24) is 20.1 Å². The highest BCUT2D eigenvalue weighted by atomic mass is 32.2. The first-order valence-corrected chi connectivity index (χ1v) is 15.1. The molecule has 2 aliphatic carbocycles. The number of thiophene rings is 1. The summed E-state index contributed by atoms with van der Waals surface area (Å²) in [6.07, 6.45) is 10.4. The summed E-state index contributed by atoms with van der Waals surface area (Å²) in [6.45, 7) is 1.58. The topological polar surface area (TPSA) is 140 Å². The maximum absolute atomic E-state index is 14.8. The average molecular weight is 574 g/mol. The van der Waals surface area contributed by atoms with Gasteiger partial charge in [0, 0.05) is 53.3 Å². The molecule has 39 heavy (non-hydrogen) atoms. The Balaban J connectivity index is 0.00000154. The molecule has 3 unspecified atom stereocenters.